The van der Waals surface area contributed by atoms with Crippen LogP contribution in [0.1, 0.15) is 12.0 Å². The number of benzene rings is 1. The van der Waals surface area contributed by atoms with Gasteiger partial charge in [-0.1, -0.05) is 0 Å². The van der Waals surface area contributed by atoms with Crippen molar-refractivity contribution < 1.29 is 13.9 Å². The maximum Gasteiger partial charge on any atom is 0.226 e. The summed E-state index contributed by atoms with van der Waals surface area (Å²) in [5.41, 5.74) is 1.35. The summed E-state index contributed by atoms with van der Waals surface area (Å²) in [7, 11) is 1.54. The lowest BCUT2D eigenvalue weighted by atomic mass is 10.2. The summed E-state index contributed by atoms with van der Waals surface area (Å²) in [5.74, 6) is -0.436. The van der Waals surface area contributed by atoms with E-state index in [1.54, 1.807) is 13.0 Å². The van der Waals surface area contributed by atoms with E-state index in [2.05, 4.69) is 5.32 Å². The number of rotatable bonds is 4. The van der Waals surface area contributed by atoms with E-state index in [-0.39, 0.29) is 11.7 Å². The van der Waals surface area contributed by atoms with Crippen molar-refractivity contribution >= 4 is 11.6 Å². The number of carbonyl (C=O) groups excluding carboxylic acids is 1. The van der Waals surface area contributed by atoms with Crippen LogP contribution in [0.2, 0.25) is 0 Å². The maximum atomic E-state index is 12.8. The molecule has 0 atom stereocenters. The predicted octanol–water partition coefficient (Wildman–Crippen LogP) is 2.11. The number of halogens is 1. The van der Waals surface area contributed by atoms with E-state index in [4.69, 9.17) is 4.74 Å². The molecule has 0 fully saturated rings. The number of methoxy groups -OCH3 is 1. The molecule has 1 N–H and O–H groups in total. The van der Waals surface area contributed by atoms with E-state index in [9.17, 15) is 9.18 Å². The zero-order valence-electron chi connectivity index (χ0n) is 8.84. The molecule has 0 saturated heterocycles. The molecule has 82 valence electrons. The van der Waals surface area contributed by atoms with E-state index in [1.807, 2.05) is 0 Å². The molecule has 0 heterocycles. The predicted molar refractivity (Wildman–Crippen MR) is 56.3 cm³/mol. The third kappa shape index (κ3) is 3.67. The van der Waals surface area contributed by atoms with Gasteiger partial charge < -0.3 is 10.1 Å². The molecule has 0 saturated carbocycles. The van der Waals surface area contributed by atoms with E-state index in [1.165, 1.54) is 19.2 Å². The summed E-state index contributed by atoms with van der Waals surface area (Å²) in [4.78, 5) is 11.3. The Hall–Kier alpha value is -1.42. The van der Waals surface area contributed by atoms with Gasteiger partial charge in [-0.15, -0.1) is 0 Å². The highest BCUT2D eigenvalue weighted by molar-refractivity contribution is 5.91. The molecule has 0 aliphatic carbocycles. The fraction of sp³-hybridized carbons (Fsp3) is 0.364. The first-order valence-corrected chi connectivity index (χ1v) is 4.68. The fourth-order valence-corrected chi connectivity index (χ4v) is 1.17. The van der Waals surface area contributed by atoms with Gasteiger partial charge in [-0.25, -0.2) is 4.39 Å². The van der Waals surface area contributed by atoms with Gasteiger partial charge in [-0.2, -0.15) is 0 Å². The maximum absolute atomic E-state index is 12.8. The van der Waals surface area contributed by atoms with Gasteiger partial charge in [0.05, 0.1) is 13.0 Å². The first-order valence-electron chi connectivity index (χ1n) is 4.68. The molecule has 0 aliphatic rings. The van der Waals surface area contributed by atoms with Crippen LogP contribution < -0.4 is 5.32 Å². The lowest BCUT2D eigenvalue weighted by Crippen LogP contribution is -2.14. The lowest BCUT2D eigenvalue weighted by molar-refractivity contribution is -0.117. The van der Waals surface area contributed by atoms with Gasteiger partial charge in [0.15, 0.2) is 0 Å². The summed E-state index contributed by atoms with van der Waals surface area (Å²) in [6.45, 7) is 2.13. The molecule has 1 aromatic rings. The molecule has 4 heteroatoms. The minimum atomic E-state index is -0.303. The number of nitrogens with one attached hydrogen (secondary N) is 1. The summed E-state index contributed by atoms with van der Waals surface area (Å²) in [5, 5.41) is 2.69. The smallest absolute Gasteiger partial charge is 0.226 e. The number of anilines is 1. The first kappa shape index (κ1) is 11.7. The van der Waals surface area contributed by atoms with E-state index < -0.39 is 0 Å². The number of aryl methyl sites for hydroxylation is 1. The van der Waals surface area contributed by atoms with Gasteiger partial charge in [-0.3, -0.25) is 4.79 Å². The van der Waals surface area contributed by atoms with Gasteiger partial charge in [-0.05, 0) is 30.7 Å². The number of hydrogen-bond acceptors (Lipinski definition) is 2. The van der Waals surface area contributed by atoms with Crippen LogP contribution in [-0.2, 0) is 9.53 Å². The monoisotopic (exact) mass is 211 g/mol. The standard InChI is InChI=1S/C11H14FNO2/c1-8-7-9(12)3-4-10(8)13-11(14)5-6-15-2/h3-4,7H,5-6H2,1-2H3,(H,13,14). The van der Waals surface area contributed by atoms with Gasteiger partial charge in [0.2, 0.25) is 5.91 Å². The highest BCUT2D eigenvalue weighted by Gasteiger charge is 2.04. The lowest BCUT2D eigenvalue weighted by Gasteiger charge is -2.07. The van der Waals surface area contributed by atoms with Crippen LogP contribution in [-0.4, -0.2) is 19.6 Å². The third-order valence-electron chi connectivity index (χ3n) is 2.00. The zero-order chi connectivity index (χ0) is 11.3. The minimum absolute atomic E-state index is 0.133. The van der Waals surface area contributed by atoms with Crippen LogP contribution in [0.3, 0.4) is 0 Å². The molecule has 1 amide bonds. The number of amides is 1. The quantitative estimate of drug-likeness (QED) is 0.828. The van der Waals surface area contributed by atoms with Gasteiger partial charge in [0, 0.05) is 12.8 Å². The molecule has 0 spiro atoms. The Balaban J connectivity index is 2.60. The fourth-order valence-electron chi connectivity index (χ4n) is 1.17. The molecule has 0 aromatic heterocycles. The van der Waals surface area contributed by atoms with Crippen LogP contribution in [0.15, 0.2) is 18.2 Å². The summed E-state index contributed by atoms with van der Waals surface area (Å²) in [6, 6.07) is 4.25. The van der Waals surface area contributed by atoms with Crippen molar-refractivity contribution in [1.82, 2.24) is 0 Å². The highest BCUT2D eigenvalue weighted by Crippen LogP contribution is 2.15. The molecule has 1 aromatic carbocycles. The molecule has 15 heavy (non-hydrogen) atoms. The van der Waals surface area contributed by atoms with Crippen molar-refractivity contribution in [1.29, 1.82) is 0 Å². The second-order valence-electron chi connectivity index (χ2n) is 3.25. The Morgan fingerprint density at radius 1 is 1.53 bits per heavy atom. The van der Waals surface area contributed by atoms with Gasteiger partial charge >= 0.3 is 0 Å². The van der Waals surface area contributed by atoms with Crippen molar-refractivity contribution in [2.45, 2.75) is 13.3 Å². The number of hydrogen-bond donors (Lipinski definition) is 1. The minimum Gasteiger partial charge on any atom is -0.384 e. The Morgan fingerprint density at radius 2 is 2.27 bits per heavy atom. The van der Waals surface area contributed by atoms with Crippen molar-refractivity contribution in [3.63, 3.8) is 0 Å². The second kappa shape index (κ2) is 5.46. The van der Waals surface area contributed by atoms with Crippen molar-refractivity contribution in [2.24, 2.45) is 0 Å². The Labute approximate surface area is 88.2 Å². The van der Waals surface area contributed by atoms with Crippen LogP contribution in [0, 0.1) is 12.7 Å². The molecule has 1 rings (SSSR count). The molecular formula is C11H14FNO2. The number of carbonyl (C=O) groups is 1. The SMILES string of the molecule is COCCC(=O)Nc1ccc(F)cc1C. The molecule has 3 nitrogen and oxygen atoms in total. The van der Waals surface area contributed by atoms with Gasteiger partial charge in [0.25, 0.3) is 0 Å². The van der Waals surface area contributed by atoms with E-state index >= 15 is 0 Å². The van der Waals surface area contributed by atoms with Crippen molar-refractivity contribution in [3.8, 4) is 0 Å². The van der Waals surface area contributed by atoms with Crippen LogP contribution in [0.4, 0.5) is 10.1 Å². The summed E-state index contributed by atoms with van der Waals surface area (Å²) >= 11 is 0. The molecular weight excluding hydrogens is 197 g/mol. The number of ether oxygens (including phenoxy) is 1. The summed E-state index contributed by atoms with van der Waals surface area (Å²) < 4.78 is 17.5. The zero-order valence-corrected chi connectivity index (χ0v) is 8.84. The van der Waals surface area contributed by atoms with Crippen LogP contribution >= 0.6 is 0 Å². The summed E-state index contributed by atoms with van der Waals surface area (Å²) in [6.07, 6.45) is 0.299. The molecule has 0 unspecified atom stereocenters. The van der Waals surface area contributed by atoms with E-state index in [0.717, 1.165) is 0 Å². The van der Waals surface area contributed by atoms with Crippen LogP contribution in [0.25, 0.3) is 0 Å². The molecule has 0 radical (unpaired) electrons. The third-order valence-corrected chi connectivity index (χ3v) is 2.00. The molecule has 0 bridgehead atoms. The van der Waals surface area contributed by atoms with E-state index in [0.29, 0.717) is 24.3 Å². The largest absolute Gasteiger partial charge is 0.384 e. The normalized spacial score (nSPS) is 10.1. The second-order valence-corrected chi connectivity index (χ2v) is 3.25. The van der Waals surface area contributed by atoms with Crippen molar-refractivity contribution in [2.75, 3.05) is 19.0 Å². The first-order chi connectivity index (χ1) is 7.13. The van der Waals surface area contributed by atoms with Crippen molar-refractivity contribution in [3.05, 3.63) is 29.6 Å². The average molecular weight is 211 g/mol. The Bertz CT molecular complexity index is 352. The Morgan fingerprint density at radius 3 is 2.87 bits per heavy atom. The molecule has 0 aliphatic heterocycles. The Kier molecular flexibility index (Phi) is 4.24. The van der Waals surface area contributed by atoms with Gasteiger partial charge in [0.1, 0.15) is 5.82 Å². The average Bonchev–Trinajstić information content (AvgIpc) is 2.19. The topological polar surface area (TPSA) is 38.3 Å². The van der Waals surface area contributed by atoms with Crippen LogP contribution in [0.5, 0.6) is 0 Å². The highest BCUT2D eigenvalue weighted by atomic mass is 19.1.